The second-order valence-corrected chi connectivity index (χ2v) is 5.55. The monoisotopic (exact) mass is 298 g/mol. The van der Waals surface area contributed by atoms with Gasteiger partial charge in [0.25, 0.3) is 0 Å². The Labute approximate surface area is 120 Å². The van der Waals surface area contributed by atoms with Gasteiger partial charge in [0, 0.05) is 18.2 Å². The standard InChI is InChI=1S/C12H12Cl2N4O/c13-7-4-9(14)10(16-5-7)11-17-12(19-18-11)6-1-2-8(15)3-6/h4-6,8H,1-3,15H2. The summed E-state index contributed by atoms with van der Waals surface area (Å²) in [4.78, 5) is 8.49. The van der Waals surface area contributed by atoms with E-state index in [1.54, 1.807) is 6.07 Å². The molecule has 0 spiro atoms. The number of halogens is 2. The van der Waals surface area contributed by atoms with Gasteiger partial charge >= 0.3 is 0 Å². The lowest BCUT2D eigenvalue weighted by Gasteiger charge is -2.01. The van der Waals surface area contributed by atoms with Crippen LogP contribution in [-0.2, 0) is 0 Å². The zero-order valence-electron chi connectivity index (χ0n) is 10.0. The molecule has 5 nitrogen and oxygen atoms in total. The third-order valence-corrected chi connectivity index (χ3v) is 3.78. The van der Waals surface area contributed by atoms with Crippen LogP contribution < -0.4 is 5.73 Å². The Kier molecular flexibility index (Phi) is 3.43. The molecule has 0 saturated heterocycles. The van der Waals surface area contributed by atoms with E-state index in [1.165, 1.54) is 6.20 Å². The molecule has 1 aliphatic rings. The highest BCUT2D eigenvalue weighted by molar-refractivity contribution is 6.35. The van der Waals surface area contributed by atoms with Gasteiger partial charge in [0.15, 0.2) is 0 Å². The van der Waals surface area contributed by atoms with Crippen molar-refractivity contribution in [1.29, 1.82) is 0 Å². The summed E-state index contributed by atoms with van der Waals surface area (Å²) in [6.45, 7) is 0. The van der Waals surface area contributed by atoms with Gasteiger partial charge in [-0.3, -0.25) is 0 Å². The van der Waals surface area contributed by atoms with Crippen molar-refractivity contribution in [3.05, 3.63) is 28.2 Å². The highest BCUT2D eigenvalue weighted by Gasteiger charge is 2.28. The molecule has 3 rings (SSSR count). The van der Waals surface area contributed by atoms with Crippen molar-refractivity contribution in [3.63, 3.8) is 0 Å². The molecule has 0 bridgehead atoms. The maximum absolute atomic E-state index is 6.07. The Morgan fingerprint density at radius 2 is 2.16 bits per heavy atom. The molecule has 2 aromatic heterocycles. The molecule has 2 atom stereocenters. The van der Waals surface area contributed by atoms with Crippen LogP contribution in [0.3, 0.4) is 0 Å². The van der Waals surface area contributed by atoms with Crippen molar-refractivity contribution in [2.75, 3.05) is 0 Å². The Morgan fingerprint density at radius 1 is 1.32 bits per heavy atom. The van der Waals surface area contributed by atoms with E-state index in [0.29, 0.717) is 27.5 Å². The molecule has 2 unspecified atom stereocenters. The van der Waals surface area contributed by atoms with E-state index in [4.69, 9.17) is 33.5 Å². The van der Waals surface area contributed by atoms with Crippen LogP contribution >= 0.6 is 23.2 Å². The molecule has 0 aliphatic heterocycles. The van der Waals surface area contributed by atoms with E-state index in [2.05, 4.69) is 15.1 Å². The van der Waals surface area contributed by atoms with E-state index < -0.39 is 0 Å². The van der Waals surface area contributed by atoms with Crippen LogP contribution in [0.5, 0.6) is 0 Å². The molecule has 2 heterocycles. The van der Waals surface area contributed by atoms with Crippen LogP contribution in [0.4, 0.5) is 0 Å². The first-order valence-corrected chi connectivity index (χ1v) is 6.79. The van der Waals surface area contributed by atoms with Crippen LogP contribution in [0, 0.1) is 0 Å². The number of aromatic nitrogens is 3. The average Bonchev–Trinajstić information content (AvgIpc) is 2.97. The summed E-state index contributed by atoms with van der Waals surface area (Å²) in [5.41, 5.74) is 6.36. The van der Waals surface area contributed by atoms with Gasteiger partial charge in [-0.25, -0.2) is 4.98 Å². The first-order chi connectivity index (χ1) is 9.13. The minimum atomic E-state index is 0.220. The zero-order valence-corrected chi connectivity index (χ0v) is 11.5. The highest BCUT2D eigenvalue weighted by Crippen LogP contribution is 2.34. The van der Waals surface area contributed by atoms with Crippen molar-refractivity contribution >= 4 is 23.2 Å². The smallest absolute Gasteiger partial charge is 0.230 e. The number of nitrogens with zero attached hydrogens (tertiary/aromatic N) is 3. The lowest BCUT2D eigenvalue weighted by Crippen LogP contribution is -2.14. The molecule has 0 amide bonds. The summed E-state index contributed by atoms with van der Waals surface area (Å²) >= 11 is 11.9. The molecule has 100 valence electrons. The number of hydrogen-bond acceptors (Lipinski definition) is 5. The predicted molar refractivity (Wildman–Crippen MR) is 72.1 cm³/mol. The average molecular weight is 299 g/mol. The molecule has 1 saturated carbocycles. The highest BCUT2D eigenvalue weighted by atomic mass is 35.5. The minimum Gasteiger partial charge on any atom is -0.339 e. The fourth-order valence-electron chi connectivity index (χ4n) is 2.32. The number of nitrogens with two attached hydrogens (primary N) is 1. The van der Waals surface area contributed by atoms with Gasteiger partial charge < -0.3 is 10.3 Å². The number of hydrogen-bond donors (Lipinski definition) is 1. The minimum absolute atomic E-state index is 0.220. The Morgan fingerprint density at radius 3 is 2.84 bits per heavy atom. The summed E-state index contributed by atoms with van der Waals surface area (Å²) in [6, 6.07) is 1.82. The Bertz CT molecular complexity index is 601. The van der Waals surface area contributed by atoms with Gasteiger partial charge in [-0.2, -0.15) is 4.98 Å². The van der Waals surface area contributed by atoms with Crippen LogP contribution in [-0.4, -0.2) is 21.2 Å². The fourth-order valence-corrected chi connectivity index (χ4v) is 2.78. The van der Waals surface area contributed by atoms with Gasteiger partial charge in [-0.05, 0) is 25.3 Å². The summed E-state index contributed by atoms with van der Waals surface area (Å²) < 4.78 is 5.29. The van der Waals surface area contributed by atoms with Gasteiger partial charge in [-0.1, -0.05) is 28.4 Å². The molecule has 1 fully saturated rings. The zero-order chi connectivity index (χ0) is 13.4. The molecule has 19 heavy (non-hydrogen) atoms. The van der Waals surface area contributed by atoms with Crippen LogP contribution in [0.15, 0.2) is 16.8 Å². The summed E-state index contributed by atoms with van der Waals surface area (Å²) in [7, 11) is 0. The SMILES string of the molecule is NC1CCC(c2nc(-c3ncc(Cl)cc3Cl)no2)C1. The number of pyridine rings is 1. The van der Waals surface area contributed by atoms with Crippen molar-refractivity contribution < 1.29 is 4.52 Å². The molecule has 2 aromatic rings. The molecule has 2 N–H and O–H groups in total. The maximum atomic E-state index is 6.07. The van der Waals surface area contributed by atoms with Crippen LogP contribution in [0.1, 0.15) is 31.1 Å². The lowest BCUT2D eigenvalue weighted by atomic mass is 10.1. The Balaban J connectivity index is 1.88. The van der Waals surface area contributed by atoms with Gasteiger partial charge in [0.05, 0.1) is 10.0 Å². The second-order valence-electron chi connectivity index (χ2n) is 4.71. The molecular weight excluding hydrogens is 287 g/mol. The summed E-state index contributed by atoms with van der Waals surface area (Å²) in [6.07, 6.45) is 4.35. The quantitative estimate of drug-likeness (QED) is 0.922. The van der Waals surface area contributed by atoms with Crippen molar-refractivity contribution in [1.82, 2.24) is 15.1 Å². The van der Waals surface area contributed by atoms with Crippen molar-refractivity contribution in [3.8, 4) is 11.5 Å². The van der Waals surface area contributed by atoms with Crippen molar-refractivity contribution in [2.24, 2.45) is 5.73 Å². The summed E-state index contributed by atoms with van der Waals surface area (Å²) in [5.74, 6) is 1.23. The third-order valence-electron chi connectivity index (χ3n) is 3.28. The fraction of sp³-hybridized carbons (Fsp3) is 0.417. The van der Waals surface area contributed by atoms with Crippen LogP contribution in [0.25, 0.3) is 11.5 Å². The van der Waals surface area contributed by atoms with E-state index in [1.807, 2.05) is 0 Å². The molecule has 0 aromatic carbocycles. The number of rotatable bonds is 2. The van der Waals surface area contributed by atoms with Crippen molar-refractivity contribution in [2.45, 2.75) is 31.2 Å². The maximum Gasteiger partial charge on any atom is 0.230 e. The normalized spacial score (nSPS) is 22.9. The first-order valence-electron chi connectivity index (χ1n) is 6.04. The van der Waals surface area contributed by atoms with Crippen LogP contribution in [0.2, 0.25) is 10.0 Å². The molecular formula is C12H12Cl2N4O. The van der Waals surface area contributed by atoms with Gasteiger partial charge in [0.1, 0.15) is 5.69 Å². The summed E-state index contributed by atoms with van der Waals surface area (Å²) in [5, 5.41) is 4.81. The first kappa shape index (κ1) is 12.8. The molecule has 7 heteroatoms. The third kappa shape index (κ3) is 2.59. The lowest BCUT2D eigenvalue weighted by molar-refractivity contribution is 0.353. The van der Waals surface area contributed by atoms with E-state index in [-0.39, 0.29) is 12.0 Å². The van der Waals surface area contributed by atoms with Gasteiger partial charge in [-0.15, -0.1) is 0 Å². The van der Waals surface area contributed by atoms with E-state index >= 15 is 0 Å². The largest absolute Gasteiger partial charge is 0.339 e. The molecule has 1 aliphatic carbocycles. The second kappa shape index (κ2) is 5.07. The van der Waals surface area contributed by atoms with E-state index in [0.717, 1.165) is 19.3 Å². The van der Waals surface area contributed by atoms with Gasteiger partial charge in [0.2, 0.25) is 11.7 Å². The predicted octanol–water partition coefficient (Wildman–Crippen LogP) is 3.03. The molecule has 0 radical (unpaired) electrons. The topological polar surface area (TPSA) is 77.8 Å². The van der Waals surface area contributed by atoms with E-state index in [9.17, 15) is 0 Å². The Hall–Kier alpha value is -1.17.